The van der Waals surface area contributed by atoms with Gasteiger partial charge >= 0.3 is 0 Å². The van der Waals surface area contributed by atoms with Crippen molar-refractivity contribution in [2.45, 2.75) is 20.3 Å². The SMILES string of the molecule is C=C1CC(C)C=C1C. The molecule has 44 valence electrons. The van der Waals surface area contributed by atoms with Gasteiger partial charge in [0, 0.05) is 0 Å². The predicted molar refractivity (Wildman–Crippen MR) is 36.7 cm³/mol. The van der Waals surface area contributed by atoms with Crippen LogP contribution in [0.5, 0.6) is 0 Å². The Bertz CT molecular complexity index is 140. The lowest BCUT2D eigenvalue weighted by Crippen LogP contribution is -1.79. The first-order chi connectivity index (χ1) is 3.70. The molecule has 0 heteroatoms. The Morgan fingerprint density at radius 1 is 1.75 bits per heavy atom. The first kappa shape index (κ1) is 5.61. The number of hydrogen-bond donors (Lipinski definition) is 0. The molecule has 0 heterocycles. The lowest BCUT2D eigenvalue weighted by molar-refractivity contribution is 0.759. The molecule has 0 radical (unpaired) electrons. The van der Waals surface area contributed by atoms with Gasteiger partial charge in [-0.1, -0.05) is 30.7 Å². The van der Waals surface area contributed by atoms with Crippen LogP contribution in [0.15, 0.2) is 23.8 Å². The molecule has 1 aliphatic carbocycles. The highest BCUT2D eigenvalue weighted by Crippen LogP contribution is 2.26. The minimum atomic E-state index is 0.738. The summed E-state index contributed by atoms with van der Waals surface area (Å²) in [6.07, 6.45) is 3.45. The van der Waals surface area contributed by atoms with Crippen molar-refractivity contribution in [1.82, 2.24) is 0 Å². The molecule has 0 spiro atoms. The van der Waals surface area contributed by atoms with Gasteiger partial charge in [-0.3, -0.25) is 0 Å². The summed E-state index contributed by atoms with van der Waals surface area (Å²) in [7, 11) is 0. The van der Waals surface area contributed by atoms with Crippen LogP contribution in [0.2, 0.25) is 0 Å². The monoisotopic (exact) mass is 108 g/mol. The van der Waals surface area contributed by atoms with Gasteiger partial charge in [-0.15, -0.1) is 0 Å². The van der Waals surface area contributed by atoms with Gasteiger partial charge in [0.15, 0.2) is 0 Å². The molecular weight excluding hydrogens is 96.1 g/mol. The van der Waals surface area contributed by atoms with Crippen molar-refractivity contribution in [2.24, 2.45) is 5.92 Å². The number of hydrogen-bond acceptors (Lipinski definition) is 0. The zero-order valence-corrected chi connectivity index (χ0v) is 5.57. The molecule has 0 N–H and O–H groups in total. The maximum Gasteiger partial charge on any atom is -0.0216 e. The van der Waals surface area contributed by atoms with E-state index in [9.17, 15) is 0 Å². The van der Waals surface area contributed by atoms with Crippen molar-refractivity contribution < 1.29 is 0 Å². The third kappa shape index (κ3) is 0.835. The molecule has 0 saturated heterocycles. The Balaban J connectivity index is 2.73. The van der Waals surface area contributed by atoms with E-state index < -0.39 is 0 Å². The smallest absolute Gasteiger partial charge is 0.0216 e. The fourth-order valence-electron chi connectivity index (χ4n) is 1.15. The van der Waals surface area contributed by atoms with Gasteiger partial charge in [-0.05, 0) is 19.3 Å². The molecule has 0 bridgehead atoms. The summed E-state index contributed by atoms with van der Waals surface area (Å²) in [6, 6.07) is 0. The molecule has 0 saturated carbocycles. The maximum absolute atomic E-state index is 3.92. The zero-order chi connectivity index (χ0) is 6.15. The summed E-state index contributed by atoms with van der Waals surface area (Å²) >= 11 is 0. The summed E-state index contributed by atoms with van der Waals surface area (Å²) in [6.45, 7) is 8.27. The van der Waals surface area contributed by atoms with E-state index in [1.54, 1.807) is 0 Å². The summed E-state index contributed by atoms with van der Waals surface area (Å²) in [4.78, 5) is 0. The zero-order valence-electron chi connectivity index (χ0n) is 5.57. The summed E-state index contributed by atoms with van der Waals surface area (Å²) in [5.74, 6) is 0.738. The van der Waals surface area contributed by atoms with Crippen molar-refractivity contribution in [2.75, 3.05) is 0 Å². The highest BCUT2D eigenvalue weighted by Gasteiger charge is 2.10. The fraction of sp³-hybridized carbons (Fsp3) is 0.500. The molecule has 1 atom stereocenters. The molecule has 0 nitrogen and oxygen atoms in total. The van der Waals surface area contributed by atoms with Crippen molar-refractivity contribution in [1.29, 1.82) is 0 Å². The molecule has 1 rings (SSSR count). The van der Waals surface area contributed by atoms with Crippen molar-refractivity contribution in [3.63, 3.8) is 0 Å². The minimum Gasteiger partial charge on any atom is -0.0956 e. The van der Waals surface area contributed by atoms with E-state index in [4.69, 9.17) is 0 Å². The fourth-order valence-corrected chi connectivity index (χ4v) is 1.15. The number of allylic oxidation sites excluding steroid dienone is 3. The van der Waals surface area contributed by atoms with Gasteiger partial charge in [0.2, 0.25) is 0 Å². The van der Waals surface area contributed by atoms with E-state index in [1.807, 2.05) is 0 Å². The van der Waals surface area contributed by atoms with Crippen LogP contribution in [0, 0.1) is 5.92 Å². The first-order valence-corrected chi connectivity index (χ1v) is 3.06. The van der Waals surface area contributed by atoms with Crippen LogP contribution in [0.1, 0.15) is 20.3 Å². The Kier molecular flexibility index (Phi) is 1.24. The van der Waals surface area contributed by atoms with E-state index in [0.29, 0.717) is 0 Å². The van der Waals surface area contributed by atoms with Crippen LogP contribution < -0.4 is 0 Å². The van der Waals surface area contributed by atoms with Crippen LogP contribution >= 0.6 is 0 Å². The first-order valence-electron chi connectivity index (χ1n) is 3.06. The van der Waals surface area contributed by atoms with Gasteiger partial charge in [0.1, 0.15) is 0 Å². The minimum absolute atomic E-state index is 0.738. The quantitative estimate of drug-likeness (QED) is 0.447. The molecular formula is C8H12. The molecule has 0 aromatic heterocycles. The maximum atomic E-state index is 3.92. The van der Waals surface area contributed by atoms with Gasteiger partial charge < -0.3 is 0 Å². The standard InChI is InChI=1S/C8H12/c1-6-4-7(2)8(3)5-6/h5-6H,2,4H2,1,3H3. The Hall–Kier alpha value is -0.520. The highest BCUT2D eigenvalue weighted by molar-refractivity contribution is 5.32. The second-order valence-corrected chi connectivity index (χ2v) is 2.63. The van der Waals surface area contributed by atoms with Gasteiger partial charge in [0.05, 0.1) is 0 Å². The topological polar surface area (TPSA) is 0 Å². The summed E-state index contributed by atoms with van der Waals surface area (Å²) < 4.78 is 0. The van der Waals surface area contributed by atoms with Crippen LogP contribution in [-0.4, -0.2) is 0 Å². The predicted octanol–water partition coefficient (Wildman–Crippen LogP) is 2.53. The lowest BCUT2D eigenvalue weighted by atomic mass is 10.1. The third-order valence-corrected chi connectivity index (χ3v) is 1.66. The Morgan fingerprint density at radius 2 is 2.38 bits per heavy atom. The molecule has 0 aliphatic heterocycles. The van der Waals surface area contributed by atoms with Crippen LogP contribution in [-0.2, 0) is 0 Å². The Labute approximate surface area is 50.9 Å². The van der Waals surface area contributed by atoms with Crippen molar-refractivity contribution >= 4 is 0 Å². The second kappa shape index (κ2) is 1.77. The van der Waals surface area contributed by atoms with Crippen molar-refractivity contribution in [3.05, 3.63) is 23.8 Å². The van der Waals surface area contributed by atoms with E-state index >= 15 is 0 Å². The van der Waals surface area contributed by atoms with Gasteiger partial charge in [-0.25, -0.2) is 0 Å². The van der Waals surface area contributed by atoms with Crippen LogP contribution in [0.4, 0.5) is 0 Å². The van der Waals surface area contributed by atoms with E-state index in [2.05, 4.69) is 26.5 Å². The average molecular weight is 108 g/mol. The molecule has 0 amide bonds. The molecule has 0 aromatic rings. The normalized spacial score (nSPS) is 28.5. The van der Waals surface area contributed by atoms with Gasteiger partial charge in [0.25, 0.3) is 0 Å². The summed E-state index contributed by atoms with van der Waals surface area (Å²) in [5.41, 5.74) is 2.70. The van der Waals surface area contributed by atoms with Crippen LogP contribution in [0.3, 0.4) is 0 Å². The molecule has 0 fully saturated rings. The number of rotatable bonds is 0. The summed E-state index contributed by atoms with van der Waals surface area (Å²) in [5, 5.41) is 0. The Morgan fingerprint density at radius 3 is 2.50 bits per heavy atom. The average Bonchev–Trinajstić information content (AvgIpc) is 1.85. The highest BCUT2D eigenvalue weighted by atomic mass is 14.2. The van der Waals surface area contributed by atoms with Gasteiger partial charge in [-0.2, -0.15) is 0 Å². The van der Waals surface area contributed by atoms with E-state index in [-0.39, 0.29) is 0 Å². The van der Waals surface area contributed by atoms with E-state index in [1.165, 1.54) is 17.6 Å². The second-order valence-electron chi connectivity index (χ2n) is 2.63. The lowest BCUT2D eigenvalue weighted by Gasteiger charge is -1.93. The molecule has 1 unspecified atom stereocenters. The molecule has 8 heavy (non-hydrogen) atoms. The van der Waals surface area contributed by atoms with Crippen molar-refractivity contribution in [3.8, 4) is 0 Å². The third-order valence-electron chi connectivity index (χ3n) is 1.66. The van der Waals surface area contributed by atoms with E-state index in [0.717, 1.165) is 5.92 Å². The molecule has 1 aliphatic rings. The molecule has 0 aromatic carbocycles. The largest absolute Gasteiger partial charge is 0.0956 e. The van der Waals surface area contributed by atoms with Crippen LogP contribution in [0.25, 0.3) is 0 Å².